The number of benzene rings is 1. The van der Waals surface area contributed by atoms with Crippen LogP contribution in [-0.4, -0.2) is 37.1 Å². The molecule has 1 aromatic carbocycles. The lowest BCUT2D eigenvalue weighted by molar-refractivity contribution is -0.120. The molecule has 5 nitrogen and oxygen atoms in total. The number of amides is 1. The van der Waals surface area contributed by atoms with Gasteiger partial charge in [-0.15, -0.1) is 11.8 Å². The Morgan fingerprint density at radius 2 is 2.19 bits per heavy atom. The maximum atomic E-state index is 12.0. The van der Waals surface area contributed by atoms with Crippen molar-refractivity contribution in [3.63, 3.8) is 0 Å². The summed E-state index contributed by atoms with van der Waals surface area (Å²) in [6.07, 6.45) is 0.479. The summed E-state index contributed by atoms with van der Waals surface area (Å²) in [4.78, 5) is 13.0. The Bertz CT molecular complexity index is 658. The zero-order chi connectivity index (χ0) is 15.7. The molecule has 0 bridgehead atoms. The Hall–Kier alpha value is -1.21. The topological polar surface area (TPSA) is 89.3 Å². The van der Waals surface area contributed by atoms with E-state index in [9.17, 15) is 13.2 Å². The molecule has 1 aliphatic rings. The van der Waals surface area contributed by atoms with Gasteiger partial charge in [-0.25, -0.2) is 8.42 Å². The van der Waals surface area contributed by atoms with Crippen molar-refractivity contribution in [1.82, 2.24) is 5.32 Å². The SMILES string of the molecule is Cc1cc(N)ccc1SCC(=O)NC1(C)CCS(=O)(=O)C1. The summed E-state index contributed by atoms with van der Waals surface area (Å²) in [5, 5.41) is 2.85. The highest BCUT2D eigenvalue weighted by Crippen LogP contribution is 2.26. The Kier molecular flexibility index (Phi) is 4.53. The highest BCUT2D eigenvalue weighted by molar-refractivity contribution is 8.00. The molecular formula is C14H20N2O3S2. The minimum Gasteiger partial charge on any atom is -0.399 e. The van der Waals surface area contributed by atoms with Crippen LogP contribution < -0.4 is 11.1 Å². The fourth-order valence-corrected chi connectivity index (χ4v) is 5.36. The number of nitrogens with two attached hydrogens (primary N) is 1. The molecule has 1 aliphatic heterocycles. The standard InChI is InChI=1S/C14H20N2O3S2/c1-10-7-11(15)3-4-12(10)20-8-13(17)16-14(2)5-6-21(18,19)9-14/h3-4,7H,5-6,8-9,15H2,1-2H3,(H,16,17). The van der Waals surface area contributed by atoms with Crippen molar-refractivity contribution in [1.29, 1.82) is 0 Å². The predicted octanol–water partition coefficient (Wildman–Crippen LogP) is 1.36. The van der Waals surface area contributed by atoms with Crippen molar-refractivity contribution >= 4 is 33.2 Å². The molecule has 1 saturated heterocycles. The van der Waals surface area contributed by atoms with Crippen LogP contribution in [0.2, 0.25) is 0 Å². The summed E-state index contributed by atoms with van der Waals surface area (Å²) in [5.74, 6) is 0.293. The summed E-state index contributed by atoms with van der Waals surface area (Å²) >= 11 is 1.43. The van der Waals surface area contributed by atoms with E-state index in [0.29, 0.717) is 12.1 Å². The van der Waals surface area contributed by atoms with Crippen LogP contribution in [0.1, 0.15) is 18.9 Å². The van der Waals surface area contributed by atoms with Crippen LogP contribution in [0.5, 0.6) is 0 Å². The summed E-state index contributed by atoms with van der Waals surface area (Å²) in [5.41, 5.74) is 6.79. The maximum absolute atomic E-state index is 12.0. The fraction of sp³-hybridized carbons (Fsp3) is 0.500. The van der Waals surface area contributed by atoms with Crippen molar-refractivity contribution in [2.24, 2.45) is 0 Å². The van der Waals surface area contributed by atoms with Crippen molar-refractivity contribution < 1.29 is 13.2 Å². The van der Waals surface area contributed by atoms with Gasteiger partial charge in [0, 0.05) is 10.6 Å². The lowest BCUT2D eigenvalue weighted by atomic mass is 10.0. The highest BCUT2D eigenvalue weighted by Gasteiger charge is 2.39. The monoisotopic (exact) mass is 328 g/mol. The molecule has 0 radical (unpaired) electrons. The molecule has 1 amide bonds. The van der Waals surface area contributed by atoms with Gasteiger partial charge in [0.1, 0.15) is 0 Å². The van der Waals surface area contributed by atoms with Gasteiger partial charge in [0.05, 0.1) is 22.8 Å². The number of nitrogen functional groups attached to an aromatic ring is 1. The molecule has 1 fully saturated rings. The second kappa shape index (κ2) is 5.88. The van der Waals surface area contributed by atoms with Crippen LogP contribution in [0.4, 0.5) is 5.69 Å². The lowest BCUT2D eigenvalue weighted by Crippen LogP contribution is -2.47. The van der Waals surface area contributed by atoms with Gasteiger partial charge in [0.25, 0.3) is 0 Å². The minimum atomic E-state index is -3.01. The number of hydrogen-bond acceptors (Lipinski definition) is 5. The number of rotatable bonds is 4. The van der Waals surface area contributed by atoms with Gasteiger partial charge < -0.3 is 11.1 Å². The molecule has 0 spiro atoms. The van der Waals surface area contributed by atoms with Crippen LogP contribution in [-0.2, 0) is 14.6 Å². The summed E-state index contributed by atoms with van der Waals surface area (Å²) < 4.78 is 23.0. The first-order valence-electron chi connectivity index (χ1n) is 6.69. The molecule has 7 heteroatoms. The van der Waals surface area contributed by atoms with E-state index >= 15 is 0 Å². The fourth-order valence-electron chi connectivity index (χ4n) is 2.46. The smallest absolute Gasteiger partial charge is 0.230 e. The van der Waals surface area contributed by atoms with E-state index in [1.54, 1.807) is 13.0 Å². The first kappa shape index (κ1) is 16.2. The number of hydrogen-bond donors (Lipinski definition) is 2. The summed E-state index contributed by atoms with van der Waals surface area (Å²) in [6.45, 7) is 3.73. The normalized spacial score (nSPS) is 23.9. The van der Waals surface area contributed by atoms with E-state index in [1.807, 2.05) is 19.1 Å². The number of aryl methyl sites for hydroxylation is 1. The molecule has 3 N–H and O–H groups in total. The third kappa shape index (κ3) is 4.38. The van der Waals surface area contributed by atoms with Crippen molar-refractivity contribution in [2.45, 2.75) is 30.7 Å². The van der Waals surface area contributed by atoms with Crippen molar-refractivity contribution in [3.05, 3.63) is 23.8 Å². The van der Waals surface area contributed by atoms with Crippen molar-refractivity contribution in [3.8, 4) is 0 Å². The molecule has 2 rings (SSSR count). The van der Waals surface area contributed by atoms with E-state index in [1.165, 1.54) is 11.8 Å². The highest BCUT2D eigenvalue weighted by atomic mass is 32.2. The van der Waals surface area contributed by atoms with Crippen LogP contribution in [0.3, 0.4) is 0 Å². The molecule has 0 aromatic heterocycles. The Labute approximate surface area is 129 Å². The second-order valence-electron chi connectivity index (χ2n) is 5.76. The molecule has 1 unspecified atom stereocenters. The quantitative estimate of drug-likeness (QED) is 0.643. The van der Waals surface area contributed by atoms with Gasteiger partial charge in [-0.3, -0.25) is 4.79 Å². The van der Waals surface area contributed by atoms with Gasteiger partial charge in [0.15, 0.2) is 9.84 Å². The minimum absolute atomic E-state index is 0.0251. The van der Waals surface area contributed by atoms with E-state index < -0.39 is 15.4 Å². The van der Waals surface area contributed by atoms with Crippen LogP contribution >= 0.6 is 11.8 Å². The second-order valence-corrected chi connectivity index (χ2v) is 8.97. The molecule has 116 valence electrons. The first-order valence-corrected chi connectivity index (χ1v) is 9.50. The van der Waals surface area contributed by atoms with Crippen LogP contribution in [0, 0.1) is 6.92 Å². The Morgan fingerprint density at radius 1 is 1.48 bits per heavy atom. The average molecular weight is 328 g/mol. The molecule has 0 saturated carbocycles. The number of carbonyl (C=O) groups is 1. The van der Waals surface area contributed by atoms with E-state index in [4.69, 9.17) is 5.73 Å². The number of anilines is 1. The third-order valence-corrected chi connectivity index (χ3v) is 6.58. The van der Waals surface area contributed by atoms with Crippen LogP contribution in [0.15, 0.2) is 23.1 Å². The van der Waals surface area contributed by atoms with Gasteiger partial charge >= 0.3 is 0 Å². The maximum Gasteiger partial charge on any atom is 0.230 e. The zero-order valence-corrected chi connectivity index (χ0v) is 13.8. The Morgan fingerprint density at radius 3 is 2.76 bits per heavy atom. The van der Waals surface area contributed by atoms with E-state index in [0.717, 1.165) is 10.5 Å². The van der Waals surface area contributed by atoms with Gasteiger partial charge in [-0.2, -0.15) is 0 Å². The van der Waals surface area contributed by atoms with Gasteiger partial charge in [0.2, 0.25) is 5.91 Å². The van der Waals surface area contributed by atoms with Crippen LogP contribution in [0.25, 0.3) is 0 Å². The average Bonchev–Trinajstić information content (AvgIpc) is 2.62. The number of sulfone groups is 1. The molecule has 21 heavy (non-hydrogen) atoms. The first-order chi connectivity index (χ1) is 9.69. The predicted molar refractivity (Wildman–Crippen MR) is 86.1 cm³/mol. The number of carbonyl (C=O) groups excluding carboxylic acids is 1. The molecule has 1 heterocycles. The molecular weight excluding hydrogens is 308 g/mol. The van der Waals surface area contributed by atoms with E-state index in [2.05, 4.69) is 5.32 Å². The third-order valence-electron chi connectivity index (χ3n) is 3.50. The van der Waals surface area contributed by atoms with Gasteiger partial charge in [-0.1, -0.05) is 0 Å². The number of nitrogens with one attached hydrogen (secondary N) is 1. The van der Waals surface area contributed by atoms with Crippen molar-refractivity contribution in [2.75, 3.05) is 23.0 Å². The summed E-state index contributed by atoms with van der Waals surface area (Å²) in [6, 6.07) is 5.56. The molecule has 1 atom stereocenters. The van der Waals surface area contributed by atoms with E-state index in [-0.39, 0.29) is 23.2 Å². The Balaban J connectivity index is 1.91. The lowest BCUT2D eigenvalue weighted by Gasteiger charge is -2.23. The number of thioether (sulfide) groups is 1. The molecule has 1 aromatic rings. The largest absolute Gasteiger partial charge is 0.399 e. The zero-order valence-electron chi connectivity index (χ0n) is 12.2. The summed E-state index contributed by atoms with van der Waals surface area (Å²) in [7, 11) is -3.01. The van der Waals surface area contributed by atoms with Gasteiger partial charge in [-0.05, 0) is 44.0 Å². The molecule has 0 aliphatic carbocycles.